The first-order chi connectivity index (χ1) is 9.24. The zero-order chi connectivity index (χ0) is 13.2. The average molecular weight is 333 g/mol. The number of aryl methyl sites for hydroxylation is 1. The maximum absolute atomic E-state index is 12.1. The molecule has 0 spiro atoms. The van der Waals surface area contributed by atoms with Gasteiger partial charge in [-0.05, 0) is 32.4 Å². The van der Waals surface area contributed by atoms with E-state index in [-0.39, 0.29) is 42.6 Å². The van der Waals surface area contributed by atoms with E-state index in [9.17, 15) is 4.79 Å². The Balaban J connectivity index is 0.00000110. The van der Waals surface area contributed by atoms with E-state index in [0.29, 0.717) is 5.78 Å². The molecule has 7 nitrogen and oxygen atoms in total. The molecule has 1 fully saturated rings. The number of hydrogen-bond acceptors (Lipinski definition) is 5. The number of nitrogens with one attached hydrogen (secondary N) is 2. The zero-order valence-corrected chi connectivity index (χ0v) is 13.2. The van der Waals surface area contributed by atoms with Crippen molar-refractivity contribution in [2.75, 3.05) is 13.1 Å². The van der Waals surface area contributed by atoms with Crippen molar-refractivity contribution >= 4 is 36.5 Å². The number of aromatic nitrogens is 4. The van der Waals surface area contributed by atoms with Gasteiger partial charge in [0.2, 0.25) is 5.82 Å². The molecule has 3 rings (SSSR count). The summed E-state index contributed by atoms with van der Waals surface area (Å²) in [4.78, 5) is 20.3. The summed E-state index contributed by atoms with van der Waals surface area (Å²) in [6, 6.07) is 1.98. The molecule has 3 heterocycles. The Morgan fingerprint density at radius 2 is 2.29 bits per heavy atom. The fourth-order valence-corrected chi connectivity index (χ4v) is 2.23. The van der Waals surface area contributed by atoms with Crippen molar-refractivity contribution in [3.05, 3.63) is 23.8 Å². The summed E-state index contributed by atoms with van der Waals surface area (Å²) in [7, 11) is 0. The van der Waals surface area contributed by atoms with Crippen LogP contribution in [0.2, 0.25) is 0 Å². The summed E-state index contributed by atoms with van der Waals surface area (Å²) in [6.45, 7) is 3.72. The lowest BCUT2D eigenvalue weighted by molar-refractivity contribution is 0.0920. The number of halogens is 2. The van der Waals surface area contributed by atoms with Gasteiger partial charge >= 0.3 is 0 Å². The number of hydrogen-bond donors (Lipinski definition) is 2. The molecule has 21 heavy (non-hydrogen) atoms. The molecule has 1 atom stereocenters. The van der Waals surface area contributed by atoms with Crippen LogP contribution in [0.3, 0.4) is 0 Å². The fraction of sp³-hybridized carbons (Fsp3) is 0.500. The van der Waals surface area contributed by atoms with Gasteiger partial charge in [0, 0.05) is 24.5 Å². The molecule has 1 saturated heterocycles. The van der Waals surface area contributed by atoms with Gasteiger partial charge in [-0.15, -0.1) is 29.9 Å². The van der Waals surface area contributed by atoms with E-state index in [2.05, 4.69) is 25.7 Å². The Morgan fingerprint density at radius 3 is 2.95 bits per heavy atom. The van der Waals surface area contributed by atoms with Crippen molar-refractivity contribution in [2.24, 2.45) is 0 Å². The van der Waals surface area contributed by atoms with E-state index in [0.717, 1.165) is 31.6 Å². The topological polar surface area (TPSA) is 84.2 Å². The molecule has 1 amide bonds. The second kappa shape index (κ2) is 7.53. The van der Waals surface area contributed by atoms with Gasteiger partial charge in [-0.2, -0.15) is 4.98 Å². The minimum absolute atomic E-state index is 0. The Hall–Kier alpha value is -1.44. The predicted molar refractivity (Wildman–Crippen MR) is 83.4 cm³/mol. The van der Waals surface area contributed by atoms with Crippen molar-refractivity contribution in [3.63, 3.8) is 0 Å². The number of nitrogens with zero attached hydrogens (tertiary/aromatic N) is 4. The molecule has 0 saturated carbocycles. The summed E-state index contributed by atoms with van der Waals surface area (Å²) < 4.78 is 1.58. The van der Waals surface area contributed by atoms with E-state index in [1.54, 1.807) is 10.7 Å². The first-order valence-electron chi connectivity index (χ1n) is 6.44. The van der Waals surface area contributed by atoms with Crippen LogP contribution in [0.5, 0.6) is 0 Å². The highest BCUT2D eigenvalue weighted by molar-refractivity contribution is 5.91. The molecule has 2 aromatic rings. The van der Waals surface area contributed by atoms with Crippen molar-refractivity contribution in [3.8, 4) is 0 Å². The summed E-state index contributed by atoms with van der Waals surface area (Å²) in [5.41, 5.74) is 0.899. The van der Waals surface area contributed by atoms with Crippen LogP contribution < -0.4 is 10.6 Å². The standard InChI is InChI=1S/C12H16N6O.2ClH/c1-8-4-6-14-12-16-10(17-18(8)12)11(19)15-9-3-2-5-13-7-9;;/h4,6,9,13H,2-3,5,7H2,1H3,(H,15,19);2*1H/t9-;;/m0../s1. The van der Waals surface area contributed by atoms with Crippen LogP contribution >= 0.6 is 24.8 Å². The smallest absolute Gasteiger partial charge is 0.291 e. The minimum atomic E-state index is -0.237. The molecule has 0 radical (unpaired) electrons. The molecular formula is C12H18Cl2N6O. The molecule has 2 N–H and O–H groups in total. The lowest BCUT2D eigenvalue weighted by Crippen LogP contribution is -2.45. The highest BCUT2D eigenvalue weighted by Crippen LogP contribution is 2.04. The first kappa shape index (κ1) is 17.6. The summed E-state index contributed by atoms with van der Waals surface area (Å²) in [5, 5.41) is 10.4. The quantitative estimate of drug-likeness (QED) is 0.848. The van der Waals surface area contributed by atoms with Crippen LogP contribution in [0, 0.1) is 6.92 Å². The highest BCUT2D eigenvalue weighted by Gasteiger charge is 2.19. The van der Waals surface area contributed by atoms with E-state index < -0.39 is 0 Å². The third-order valence-corrected chi connectivity index (χ3v) is 3.27. The molecule has 0 bridgehead atoms. The van der Waals surface area contributed by atoms with Gasteiger partial charge in [0.25, 0.3) is 11.7 Å². The second-order valence-electron chi connectivity index (χ2n) is 4.75. The van der Waals surface area contributed by atoms with Crippen LogP contribution in [-0.2, 0) is 0 Å². The Morgan fingerprint density at radius 1 is 1.48 bits per heavy atom. The number of fused-ring (bicyclic) bond motifs is 1. The van der Waals surface area contributed by atoms with Gasteiger partial charge in [0.15, 0.2) is 0 Å². The van der Waals surface area contributed by atoms with Crippen LogP contribution in [0.15, 0.2) is 12.3 Å². The number of carbonyl (C=O) groups excluding carboxylic acids is 1. The van der Waals surface area contributed by atoms with E-state index in [1.165, 1.54) is 0 Å². The molecule has 0 aliphatic carbocycles. The zero-order valence-electron chi connectivity index (χ0n) is 11.6. The number of rotatable bonds is 2. The van der Waals surface area contributed by atoms with Crippen molar-refractivity contribution < 1.29 is 4.79 Å². The van der Waals surface area contributed by atoms with Crippen molar-refractivity contribution in [1.29, 1.82) is 0 Å². The molecular weight excluding hydrogens is 315 g/mol. The SMILES string of the molecule is Cc1ccnc2nc(C(=O)N[C@H]3CCCNC3)nn12.Cl.Cl. The normalized spacial score (nSPS) is 17.7. The largest absolute Gasteiger partial charge is 0.345 e. The first-order valence-corrected chi connectivity index (χ1v) is 6.44. The Labute approximate surface area is 134 Å². The lowest BCUT2D eigenvalue weighted by Gasteiger charge is -2.23. The molecule has 116 valence electrons. The number of carbonyl (C=O) groups is 1. The van der Waals surface area contributed by atoms with Crippen LogP contribution in [0.4, 0.5) is 0 Å². The molecule has 0 unspecified atom stereocenters. The van der Waals surface area contributed by atoms with Gasteiger partial charge in [-0.3, -0.25) is 4.79 Å². The van der Waals surface area contributed by atoms with Crippen LogP contribution in [0.25, 0.3) is 5.78 Å². The predicted octanol–water partition coefficient (Wildman–Crippen LogP) is 0.758. The Bertz CT molecular complexity index is 611. The highest BCUT2D eigenvalue weighted by atomic mass is 35.5. The number of piperidine rings is 1. The van der Waals surface area contributed by atoms with E-state index in [1.807, 2.05) is 13.0 Å². The summed E-state index contributed by atoms with van der Waals surface area (Å²) >= 11 is 0. The number of amides is 1. The van der Waals surface area contributed by atoms with Gasteiger partial charge in [-0.25, -0.2) is 9.50 Å². The molecule has 1 aliphatic heterocycles. The third-order valence-electron chi connectivity index (χ3n) is 3.27. The molecule has 9 heteroatoms. The molecule has 0 aromatic carbocycles. The molecule has 1 aliphatic rings. The van der Waals surface area contributed by atoms with E-state index in [4.69, 9.17) is 0 Å². The Kier molecular flexibility index (Phi) is 6.32. The summed E-state index contributed by atoms with van der Waals surface area (Å²) in [6.07, 6.45) is 3.72. The van der Waals surface area contributed by atoms with Crippen molar-refractivity contribution in [1.82, 2.24) is 30.2 Å². The molecule has 2 aromatic heterocycles. The summed E-state index contributed by atoms with van der Waals surface area (Å²) in [5.74, 6) is 0.387. The fourth-order valence-electron chi connectivity index (χ4n) is 2.23. The maximum Gasteiger partial charge on any atom is 0.291 e. The second-order valence-corrected chi connectivity index (χ2v) is 4.75. The van der Waals surface area contributed by atoms with Crippen molar-refractivity contribution in [2.45, 2.75) is 25.8 Å². The average Bonchev–Trinajstić information content (AvgIpc) is 2.85. The third kappa shape index (κ3) is 3.81. The van der Waals surface area contributed by atoms with Gasteiger partial charge in [0.05, 0.1) is 0 Å². The van der Waals surface area contributed by atoms with E-state index >= 15 is 0 Å². The maximum atomic E-state index is 12.1. The minimum Gasteiger partial charge on any atom is -0.345 e. The van der Waals surface area contributed by atoms with Gasteiger partial charge < -0.3 is 10.6 Å². The van der Waals surface area contributed by atoms with Crippen LogP contribution in [-0.4, -0.2) is 44.6 Å². The van der Waals surface area contributed by atoms with Gasteiger partial charge in [0.1, 0.15) is 0 Å². The van der Waals surface area contributed by atoms with Crippen LogP contribution in [0.1, 0.15) is 29.2 Å². The lowest BCUT2D eigenvalue weighted by atomic mass is 10.1. The van der Waals surface area contributed by atoms with Gasteiger partial charge in [-0.1, -0.05) is 0 Å². The monoisotopic (exact) mass is 332 g/mol.